The lowest BCUT2D eigenvalue weighted by Gasteiger charge is -2.31. The largest absolute Gasteiger partial charge is 0.372 e. The van der Waals surface area contributed by atoms with Crippen molar-refractivity contribution in [1.29, 1.82) is 0 Å². The Labute approximate surface area is 416 Å². The molecule has 0 aliphatic carbocycles. The highest BCUT2D eigenvalue weighted by Gasteiger charge is 2.19. The van der Waals surface area contributed by atoms with Gasteiger partial charge in [0.2, 0.25) is 0 Å². The summed E-state index contributed by atoms with van der Waals surface area (Å²) in [4.78, 5) is 15.2. The average Bonchev–Trinajstić information content (AvgIpc) is 3.35. The van der Waals surface area contributed by atoms with Gasteiger partial charge in [-0.2, -0.15) is 0 Å². The van der Waals surface area contributed by atoms with E-state index in [1.807, 2.05) is 0 Å². The second-order valence-electron chi connectivity index (χ2n) is 20.0. The van der Waals surface area contributed by atoms with Gasteiger partial charge in [0.25, 0.3) is 0 Å². The van der Waals surface area contributed by atoms with Crippen molar-refractivity contribution in [3.05, 3.63) is 121 Å². The molecule has 0 heterocycles. The van der Waals surface area contributed by atoms with E-state index in [0.717, 1.165) is 75.1 Å². The van der Waals surface area contributed by atoms with Crippen LogP contribution in [0.1, 0.15) is 146 Å². The minimum Gasteiger partial charge on any atom is -0.372 e. The number of hydrogen-bond acceptors (Lipinski definition) is 6. The summed E-state index contributed by atoms with van der Waals surface area (Å²) in [6.07, 6.45) is 14.5. The number of anilines is 10. The third kappa shape index (κ3) is 16.0. The summed E-state index contributed by atoms with van der Waals surface area (Å²) in [6, 6.07) is 46.6. The van der Waals surface area contributed by atoms with Crippen molar-refractivity contribution < 1.29 is 0 Å². The predicted octanol–water partition coefficient (Wildman–Crippen LogP) is 18.0. The Morgan fingerprint density at radius 1 is 0.250 bits per heavy atom. The first-order valence-electron chi connectivity index (χ1n) is 27.2. The average molecular weight is 921 g/mol. The van der Waals surface area contributed by atoms with E-state index in [2.05, 4.69) is 220 Å². The Kier molecular flexibility index (Phi) is 23.0. The van der Waals surface area contributed by atoms with Gasteiger partial charge < -0.3 is 29.4 Å². The highest BCUT2D eigenvalue weighted by Crippen LogP contribution is 2.41. The summed E-state index contributed by atoms with van der Waals surface area (Å²) in [7, 11) is 0. The van der Waals surface area contributed by atoms with Crippen molar-refractivity contribution in [2.45, 2.75) is 146 Å². The van der Waals surface area contributed by atoms with Crippen molar-refractivity contribution in [3.8, 4) is 0 Å². The van der Waals surface area contributed by atoms with Gasteiger partial charge in [-0.25, -0.2) is 0 Å². The van der Waals surface area contributed by atoms with Gasteiger partial charge in [-0.3, -0.25) is 0 Å². The molecule has 6 nitrogen and oxygen atoms in total. The standard InChI is InChI=1S/C62H92N6/c1-11-17-43-63(44-18-12-2)53-23-31-57(32-24-53)67(58-33-25-54(26-34-58)64(45-19-13-3)46-20-14-4)61-39-41-62(42-40-61)68(59-35-27-55(28-36-59)65(47-21-15-5)48-22-16-6)60-37-29-56(30-38-60)66(49-51(7)8)50-52(9)10/h23-42,51-52H,11-22,43-50H2,1-10H3. The van der Waals surface area contributed by atoms with E-state index in [1.165, 1.54) is 111 Å². The third-order valence-corrected chi connectivity index (χ3v) is 13.1. The molecule has 5 aromatic rings. The molecule has 0 spiro atoms. The van der Waals surface area contributed by atoms with Crippen LogP contribution >= 0.6 is 0 Å². The van der Waals surface area contributed by atoms with Gasteiger partial charge in [0.05, 0.1) is 0 Å². The molecule has 0 N–H and O–H groups in total. The van der Waals surface area contributed by atoms with Gasteiger partial charge >= 0.3 is 0 Å². The lowest BCUT2D eigenvalue weighted by atomic mass is 10.1. The summed E-state index contributed by atoms with van der Waals surface area (Å²) in [5.74, 6) is 1.17. The fourth-order valence-electron chi connectivity index (χ4n) is 9.27. The first kappa shape index (κ1) is 53.8. The molecule has 0 aliphatic rings. The van der Waals surface area contributed by atoms with Crippen molar-refractivity contribution in [3.63, 3.8) is 0 Å². The molecule has 0 bridgehead atoms. The summed E-state index contributed by atoms with van der Waals surface area (Å²) < 4.78 is 0. The maximum Gasteiger partial charge on any atom is 0.0463 e. The molecule has 0 unspecified atom stereocenters. The molecule has 0 fully saturated rings. The van der Waals surface area contributed by atoms with Gasteiger partial charge in [-0.15, -0.1) is 0 Å². The molecule has 0 radical (unpaired) electrons. The fourth-order valence-corrected chi connectivity index (χ4v) is 9.27. The zero-order chi connectivity index (χ0) is 48.7. The molecule has 0 amide bonds. The maximum absolute atomic E-state index is 2.58. The molecule has 5 rings (SSSR count). The summed E-state index contributed by atoms with van der Waals surface area (Å²) >= 11 is 0. The zero-order valence-corrected chi connectivity index (χ0v) is 44.5. The molecule has 5 aromatic carbocycles. The summed E-state index contributed by atoms with van der Waals surface area (Å²) in [6.45, 7) is 31.7. The molecule has 68 heavy (non-hydrogen) atoms. The quantitative estimate of drug-likeness (QED) is 0.0425. The monoisotopic (exact) mass is 921 g/mol. The Hall–Kier alpha value is -5.10. The number of rotatable bonds is 32. The highest BCUT2D eigenvalue weighted by atomic mass is 15.2. The Balaban J connectivity index is 1.58. The first-order chi connectivity index (χ1) is 33.1. The van der Waals surface area contributed by atoms with Crippen LogP contribution in [0.3, 0.4) is 0 Å². The number of nitrogens with zero attached hydrogens (tertiary/aromatic N) is 6. The van der Waals surface area contributed by atoms with E-state index in [1.54, 1.807) is 0 Å². The second-order valence-corrected chi connectivity index (χ2v) is 20.0. The normalized spacial score (nSPS) is 11.4. The molecule has 370 valence electrons. The zero-order valence-electron chi connectivity index (χ0n) is 44.5. The van der Waals surface area contributed by atoms with Crippen LogP contribution < -0.4 is 29.4 Å². The van der Waals surface area contributed by atoms with Crippen molar-refractivity contribution in [2.75, 3.05) is 81.8 Å². The van der Waals surface area contributed by atoms with Crippen LogP contribution in [0.25, 0.3) is 0 Å². The smallest absolute Gasteiger partial charge is 0.0463 e. The van der Waals surface area contributed by atoms with E-state index in [0.29, 0.717) is 11.8 Å². The lowest BCUT2D eigenvalue weighted by molar-refractivity contribution is 0.553. The van der Waals surface area contributed by atoms with Gasteiger partial charge in [-0.1, -0.05) is 108 Å². The van der Waals surface area contributed by atoms with E-state index in [-0.39, 0.29) is 0 Å². The molecule has 0 atom stereocenters. The Morgan fingerprint density at radius 2 is 0.412 bits per heavy atom. The second kappa shape index (κ2) is 29.0. The first-order valence-corrected chi connectivity index (χ1v) is 27.2. The van der Waals surface area contributed by atoms with Gasteiger partial charge in [0.15, 0.2) is 0 Å². The van der Waals surface area contributed by atoms with Crippen molar-refractivity contribution in [2.24, 2.45) is 11.8 Å². The van der Waals surface area contributed by atoms with Gasteiger partial charge in [-0.05, 0) is 172 Å². The fraction of sp³-hybridized carbons (Fsp3) is 0.516. The third-order valence-electron chi connectivity index (χ3n) is 13.1. The van der Waals surface area contributed by atoms with E-state index >= 15 is 0 Å². The summed E-state index contributed by atoms with van der Waals surface area (Å²) in [5.41, 5.74) is 12.2. The van der Waals surface area contributed by atoms with Crippen LogP contribution in [-0.4, -0.2) is 52.4 Å². The van der Waals surface area contributed by atoms with E-state index < -0.39 is 0 Å². The SMILES string of the molecule is CCCCN(CCCC)c1ccc(N(c2ccc(N(CCCC)CCCC)cc2)c2ccc(N(c3ccc(N(CCCC)CCCC)cc3)c3ccc(N(CC(C)C)CC(C)C)cc3)cc2)cc1. The topological polar surface area (TPSA) is 19.4 Å². The van der Waals surface area contributed by atoms with E-state index in [4.69, 9.17) is 0 Å². The van der Waals surface area contributed by atoms with Crippen molar-refractivity contribution >= 4 is 56.9 Å². The van der Waals surface area contributed by atoms with Crippen LogP contribution in [0.5, 0.6) is 0 Å². The van der Waals surface area contributed by atoms with Gasteiger partial charge in [0.1, 0.15) is 0 Å². The van der Waals surface area contributed by atoms with Crippen LogP contribution in [0.15, 0.2) is 121 Å². The minimum absolute atomic E-state index is 0.587. The number of benzene rings is 5. The highest BCUT2D eigenvalue weighted by molar-refractivity contribution is 5.82. The minimum atomic E-state index is 0.587. The molecule has 0 saturated carbocycles. The lowest BCUT2D eigenvalue weighted by Crippen LogP contribution is -2.31. The van der Waals surface area contributed by atoms with Gasteiger partial charge in [0, 0.05) is 109 Å². The molecular formula is C62H92N6. The molecule has 6 heteroatoms. The van der Waals surface area contributed by atoms with Crippen LogP contribution in [0, 0.1) is 11.8 Å². The maximum atomic E-state index is 2.58. The van der Waals surface area contributed by atoms with Crippen LogP contribution in [0.2, 0.25) is 0 Å². The predicted molar refractivity (Wildman–Crippen MR) is 304 cm³/mol. The Morgan fingerprint density at radius 3 is 0.574 bits per heavy atom. The van der Waals surface area contributed by atoms with Crippen LogP contribution in [-0.2, 0) is 0 Å². The molecule has 0 aromatic heterocycles. The number of unbranched alkanes of at least 4 members (excludes halogenated alkanes) is 6. The molecular weight excluding hydrogens is 829 g/mol. The number of hydrogen-bond donors (Lipinski definition) is 0. The van der Waals surface area contributed by atoms with Crippen molar-refractivity contribution in [1.82, 2.24) is 0 Å². The van der Waals surface area contributed by atoms with E-state index in [9.17, 15) is 0 Å². The van der Waals surface area contributed by atoms with Crippen LogP contribution in [0.4, 0.5) is 56.9 Å². The molecule has 0 saturated heterocycles. The molecule has 0 aliphatic heterocycles. The Bertz CT molecular complexity index is 1980. The summed E-state index contributed by atoms with van der Waals surface area (Å²) in [5, 5.41) is 0.